The van der Waals surface area contributed by atoms with Crippen LogP contribution < -0.4 is 10.9 Å². The fourth-order valence-corrected chi connectivity index (χ4v) is 2.42. The number of amides is 1. The van der Waals surface area contributed by atoms with E-state index in [1.54, 1.807) is 29.2 Å². The van der Waals surface area contributed by atoms with E-state index in [-0.39, 0.29) is 18.0 Å². The van der Waals surface area contributed by atoms with Crippen LogP contribution in [0, 0.1) is 13.8 Å². The largest absolute Gasteiger partial charge is 0.350 e. The average molecular weight is 338 g/mol. The van der Waals surface area contributed by atoms with Crippen LogP contribution in [0.4, 0.5) is 0 Å². The molecule has 8 nitrogen and oxygen atoms in total. The second kappa shape index (κ2) is 7.08. The van der Waals surface area contributed by atoms with Crippen LogP contribution in [0.3, 0.4) is 0 Å². The van der Waals surface area contributed by atoms with E-state index in [4.69, 9.17) is 0 Å². The first-order valence-corrected chi connectivity index (χ1v) is 7.80. The first kappa shape index (κ1) is 16.6. The number of carbonyl (C=O) groups is 1. The fourth-order valence-electron chi connectivity index (χ4n) is 2.42. The van der Waals surface area contributed by atoms with E-state index >= 15 is 0 Å². The number of nitrogens with one attached hydrogen (secondary N) is 1. The molecule has 1 amide bonds. The summed E-state index contributed by atoms with van der Waals surface area (Å²) in [5.41, 5.74) is 2.29. The van der Waals surface area contributed by atoms with Crippen LogP contribution in [0.15, 0.2) is 47.5 Å². The van der Waals surface area contributed by atoms with Crippen LogP contribution >= 0.6 is 0 Å². The summed E-state index contributed by atoms with van der Waals surface area (Å²) in [7, 11) is 0. The van der Waals surface area contributed by atoms with E-state index in [0.29, 0.717) is 12.4 Å². The maximum atomic E-state index is 12.1. The molecule has 3 rings (SSSR count). The van der Waals surface area contributed by atoms with E-state index in [1.165, 1.54) is 6.07 Å². The van der Waals surface area contributed by atoms with Crippen LogP contribution in [0.5, 0.6) is 0 Å². The Kier molecular flexibility index (Phi) is 4.69. The van der Waals surface area contributed by atoms with E-state index in [0.717, 1.165) is 21.6 Å². The van der Waals surface area contributed by atoms with Crippen molar-refractivity contribution in [3.8, 4) is 5.82 Å². The highest BCUT2D eigenvalue weighted by Crippen LogP contribution is 2.07. The maximum absolute atomic E-state index is 12.1. The second-order valence-corrected chi connectivity index (χ2v) is 5.66. The lowest BCUT2D eigenvalue weighted by molar-refractivity contribution is -0.122. The summed E-state index contributed by atoms with van der Waals surface area (Å²) in [5.74, 6) is 0.189. The van der Waals surface area contributed by atoms with Crippen LogP contribution in [0.25, 0.3) is 5.82 Å². The Morgan fingerprint density at radius 1 is 1.20 bits per heavy atom. The minimum Gasteiger partial charge on any atom is -0.350 e. The number of carbonyl (C=O) groups excluding carboxylic acids is 1. The van der Waals surface area contributed by atoms with Gasteiger partial charge in [0, 0.05) is 30.7 Å². The van der Waals surface area contributed by atoms with Gasteiger partial charge in [-0.3, -0.25) is 14.6 Å². The molecule has 0 aromatic carbocycles. The van der Waals surface area contributed by atoms with Crippen molar-refractivity contribution in [2.45, 2.75) is 26.9 Å². The normalized spacial score (nSPS) is 10.6. The van der Waals surface area contributed by atoms with Gasteiger partial charge in [-0.25, -0.2) is 9.36 Å². The van der Waals surface area contributed by atoms with E-state index in [1.807, 2.05) is 26.0 Å². The Balaban J connectivity index is 1.73. The molecule has 0 fully saturated rings. The quantitative estimate of drug-likeness (QED) is 0.741. The number of rotatable bonds is 5. The lowest BCUT2D eigenvalue weighted by Crippen LogP contribution is -2.33. The van der Waals surface area contributed by atoms with E-state index < -0.39 is 0 Å². The van der Waals surface area contributed by atoms with Crippen molar-refractivity contribution in [1.29, 1.82) is 0 Å². The van der Waals surface area contributed by atoms with Crippen molar-refractivity contribution >= 4 is 5.91 Å². The summed E-state index contributed by atoms with van der Waals surface area (Å²) >= 11 is 0. The first-order valence-electron chi connectivity index (χ1n) is 7.80. The smallest absolute Gasteiger partial charge is 0.267 e. The van der Waals surface area contributed by atoms with Crippen LogP contribution in [-0.4, -0.2) is 30.5 Å². The van der Waals surface area contributed by atoms with Crippen molar-refractivity contribution in [1.82, 2.24) is 29.9 Å². The van der Waals surface area contributed by atoms with Crippen molar-refractivity contribution in [3.05, 3.63) is 70.0 Å². The molecule has 0 aliphatic carbocycles. The zero-order chi connectivity index (χ0) is 17.8. The van der Waals surface area contributed by atoms with Crippen molar-refractivity contribution in [2.75, 3.05) is 0 Å². The van der Waals surface area contributed by atoms with Gasteiger partial charge in [0.2, 0.25) is 5.91 Å². The van der Waals surface area contributed by atoms with Gasteiger partial charge in [0.05, 0.1) is 5.69 Å². The first-order chi connectivity index (χ1) is 12.0. The Morgan fingerprint density at radius 2 is 2.04 bits per heavy atom. The molecule has 0 aliphatic heterocycles. The molecular weight excluding hydrogens is 320 g/mol. The number of aryl methyl sites for hydroxylation is 2. The monoisotopic (exact) mass is 338 g/mol. The van der Waals surface area contributed by atoms with Gasteiger partial charge >= 0.3 is 0 Å². The third-order valence-electron chi connectivity index (χ3n) is 3.58. The highest BCUT2D eigenvalue weighted by Gasteiger charge is 2.10. The van der Waals surface area contributed by atoms with Gasteiger partial charge in [-0.1, -0.05) is 6.07 Å². The van der Waals surface area contributed by atoms with Gasteiger partial charge < -0.3 is 5.32 Å². The molecule has 128 valence electrons. The van der Waals surface area contributed by atoms with Crippen molar-refractivity contribution < 1.29 is 4.79 Å². The average Bonchev–Trinajstić information content (AvgIpc) is 2.94. The molecule has 3 aromatic heterocycles. The SMILES string of the molecule is Cc1cc(C)n(-c2ccc(=O)n(CC(=O)NCc3cccnc3)n2)n1. The predicted octanol–water partition coefficient (Wildman–Crippen LogP) is 0.757. The molecule has 0 spiro atoms. The third kappa shape index (κ3) is 3.97. The van der Waals surface area contributed by atoms with E-state index in [9.17, 15) is 9.59 Å². The highest BCUT2D eigenvalue weighted by molar-refractivity contribution is 5.75. The molecule has 0 atom stereocenters. The van der Waals surface area contributed by atoms with Gasteiger partial charge in [-0.05, 0) is 37.6 Å². The van der Waals surface area contributed by atoms with E-state index in [2.05, 4.69) is 20.5 Å². The molecule has 0 aliphatic rings. The maximum Gasteiger partial charge on any atom is 0.267 e. The molecule has 0 unspecified atom stereocenters. The number of nitrogens with zero attached hydrogens (tertiary/aromatic N) is 5. The molecule has 3 aromatic rings. The number of hydrogen-bond acceptors (Lipinski definition) is 5. The third-order valence-corrected chi connectivity index (χ3v) is 3.58. The second-order valence-electron chi connectivity index (χ2n) is 5.66. The summed E-state index contributed by atoms with van der Waals surface area (Å²) in [5, 5.41) is 11.3. The number of pyridine rings is 1. The molecule has 0 radical (unpaired) electrons. The highest BCUT2D eigenvalue weighted by atomic mass is 16.2. The number of aromatic nitrogens is 5. The summed E-state index contributed by atoms with van der Waals surface area (Å²) in [6.07, 6.45) is 3.34. The Hall–Kier alpha value is -3.29. The van der Waals surface area contributed by atoms with Crippen LogP contribution in [0.2, 0.25) is 0 Å². The van der Waals surface area contributed by atoms with Gasteiger partial charge in [0.15, 0.2) is 5.82 Å². The lowest BCUT2D eigenvalue weighted by Gasteiger charge is -2.09. The van der Waals surface area contributed by atoms with Crippen molar-refractivity contribution in [3.63, 3.8) is 0 Å². The van der Waals surface area contributed by atoms with Gasteiger partial charge in [0.1, 0.15) is 6.54 Å². The Labute approximate surface area is 144 Å². The van der Waals surface area contributed by atoms with Crippen LogP contribution in [0.1, 0.15) is 17.0 Å². The Morgan fingerprint density at radius 3 is 2.72 bits per heavy atom. The molecule has 3 heterocycles. The molecule has 0 saturated carbocycles. The lowest BCUT2D eigenvalue weighted by atomic mass is 10.3. The molecule has 1 N–H and O–H groups in total. The van der Waals surface area contributed by atoms with Gasteiger partial charge in [-0.15, -0.1) is 5.10 Å². The van der Waals surface area contributed by atoms with Gasteiger partial charge in [0.25, 0.3) is 5.56 Å². The molecule has 8 heteroatoms. The summed E-state index contributed by atoms with van der Waals surface area (Å²) in [4.78, 5) is 28.1. The summed E-state index contributed by atoms with van der Waals surface area (Å²) in [6, 6.07) is 8.54. The topological polar surface area (TPSA) is 94.7 Å². The zero-order valence-corrected chi connectivity index (χ0v) is 14.0. The molecule has 0 saturated heterocycles. The molecule has 25 heavy (non-hydrogen) atoms. The molecular formula is C17H18N6O2. The number of hydrogen-bond donors (Lipinski definition) is 1. The minimum absolute atomic E-state index is 0.160. The predicted molar refractivity (Wildman–Crippen MR) is 91.2 cm³/mol. The van der Waals surface area contributed by atoms with Gasteiger partial charge in [-0.2, -0.15) is 5.10 Å². The minimum atomic E-state index is -0.346. The zero-order valence-electron chi connectivity index (χ0n) is 14.0. The van der Waals surface area contributed by atoms with Crippen LogP contribution in [-0.2, 0) is 17.9 Å². The standard InChI is InChI=1S/C17H18N6O2/c1-12-8-13(2)23(20-12)15-5-6-17(25)22(21-15)11-16(24)19-10-14-4-3-7-18-9-14/h3-9H,10-11H2,1-2H3,(H,19,24). The van der Waals surface area contributed by atoms with Crippen molar-refractivity contribution in [2.24, 2.45) is 0 Å². The summed E-state index contributed by atoms with van der Waals surface area (Å²) < 4.78 is 2.77. The fraction of sp³-hybridized carbons (Fsp3) is 0.235. The Bertz CT molecular complexity index is 945. The molecule has 0 bridgehead atoms. The summed E-state index contributed by atoms with van der Waals surface area (Å²) in [6.45, 7) is 3.97.